The van der Waals surface area contributed by atoms with E-state index < -0.39 is 54.2 Å². The van der Waals surface area contributed by atoms with Crippen molar-refractivity contribution in [1.82, 2.24) is 4.98 Å². The second-order valence-corrected chi connectivity index (χ2v) is 7.00. The number of halogens is 5. The molecule has 3 N–H and O–H groups in total. The van der Waals surface area contributed by atoms with Gasteiger partial charge >= 0.3 is 6.18 Å². The third-order valence-electron chi connectivity index (χ3n) is 4.84. The molecule has 8 nitrogen and oxygen atoms in total. The number of rotatable bonds is 5. The van der Waals surface area contributed by atoms with Crippen molar-refractivity contribution in [3.05, 3.63) is 53.1 Å². The molecular weight excluding hydrogens is 453 g/mol. The first kappa shape index (κ1) is 23.7. The van der Waals surface area contributed by atoms with Crippen LogP contribution in [0.25, 0.3) is 0 Å². The maximum atomic E-state index is 14.6. The molecule has 0 unspecified atom stereocenters. The van der Waals surface area contributed by atoms with Crippen molar-refractivity contribution in [2.24, 2.45) is 10.7 Å². The number of pyridine rings is 1. The summed E-state index contributed by atoms with van der Waals surface area (Å²) in [4.78, 5) is 20.1. The maximum Gasteiger partial charge on any atom is 0.425 e. The molecule has 2 heterocycles. The number of aromatic nitrogens is 1. The van der Waals surface area contributed by atoms with Gasteiger partial charge in [-0.05, 0) is 18.2 Å². The van der Waals surface area contributed by atoms with E-state index in [0.29, 0.717) is 0 Å². The van der Waals surface area contributed by atoms with Gasteiger partial charge in [-0.25, -0.2) is 18.8 Å². The summed E-state index contributed by atoms with van der Waals surface area (Å²) < 4.78 is 77.9. The fraction of sp³-hybridized carbons (Fsp3) is 0.300. The first-order valence-corrected chi connectivity index (χ1v) is 9.23. The van der Waals surface area contributed by atoms with E-state index in [1.807, 2.05) is 6.07 Å². The highest BCUT2D eigenvalue weighted by Gasteiger charge is 2.52. The van der Waals surface area contributed by atoms with E-state index in [4.69, 9.17) is 15.7 Å². The number of carbonyl (C=O) groups is 1. The zero-order valence-electron chi connectivity index (χ0n) is 16.9. The van der Waals surface area contributed by atoms with Gasteiger partial charge in [0.15, 0.2) is 17.5 Å². The van der Waals surface area contributed by atoms with Crippen LogP contribution in [0.2, 0.25) is 0 Å². The van der Waals surface area contributed by atoms with E-state index in [1.165, 1.54) is 13.2 Å². The second-order valence-electron chi connectivity index (χ2n) is 7.00. The summed E-state index contributed by atoms with van der Waals surface area (Å²) in [5, 5.41) is 11.3. The molecule has 0 radical (unpaired) electrons. The molecule has 1 aromatic carbocycles. The minimum atomic E-state index is -4.90. The quantitative estimate of drug-likeness (QED) is 0.649. The Balaban J connectivity index is 1.98. The highest BCUT2D eigenvalue weighted by atomic mass is 19.4. The molecule has 1 aromatic heterocycles. The fourth-order valence-corrected chi connectivity index (χ4v) is 3.27. The molecule has 0 saturated carbocycles. The standard InChI is InChI=1S/C20H16F5N5O3/c1-32-14-4-10(7-26)8-28-16(14)17(31)29-11-2-3-13(22)12(5-11)19(9-21)6-15(20(23,24)25)33-18(27)30-19/h2-5,8,15H,6,9H2,1H3,(H2,27,30)(H,29,31)/t15-,19+/m0/s1. The number of hydrogen-bond acceptors (Lipinski definition) is 7. The van der Waals surface area contributed by atoms with Crippen LogP contribution in [0.5, 0.6) is 5.75 Å². The lowest BCUT2D eigenvalue weighted by atomic mass is 9.84. The van der Waals surface area contributed by atoms with Crippen molar-refractivity contribution in [3.63, 3.8) is 0 Å². The number of methoxy groups -OCH3 is 1. The Kier molecular flexibility index (Phi) is 6.39. The molecule has 1 aliphatic heterocycles. The van der Waals surface area contributed by atoms with Gasteiger partial charge in [-0.15, -0.1) is 0 Å². The number of aliphatic imine (C=N–C) groups is 1. The number of nitrogens with one attached hydrogen (secondary N) is 1. The van der Waals surface area contributed by atoms with E-state index in [9.17, 15) is 26.7 Å². The highest BCUT2D eigenvalue weighted by Crippen LogP contribution is 2.42. The van der Waals surface area contributed by atoms with E-state index in [2.05, 4.69) is 20.0 Å². The van der Waals surface area contributed by atoms with Gasteiger partial charge in [0.05, 0.1) is 12.7 Å². The summed E-state index contributed by atoms with van der Waals surface area (Å²) in [6, 6.07) is 5.08. The zero-order valence-corrected chi connectivity index (χ0v) is 16.9. The molecule has 2 aromatic rings. The SMILES string of the molecule is COc1cc(C#N)cnc1C(=O)Nc1ccc(F)c([C@]2(CF)C[C@@H](C(F)(F)F)OC(N)=N2)c1. The molecule has 1 amide bonds. The van der Waals surface area contributed by atoms with Crippen molar-refractivity contribution in [1.29, 1.82) is 5.26 Å². The Morgan fingerprint density at radius 3 is 2.76 bits per heavy atom. The second kappa shape index (κ2) is 8.89. The molecule has 0 bridgehead atoms. The number of hydrogen-bond donors (Lipinski definition) is 2. The van der Waals surface area contributed by atoms with Crippen LogP contribution in [-0.2, 0) is 10.3 Å². The van der Waals surface area contributed by atoms with Crippen LogP contribution in [0, 0.1) is 17.1 Å². The normalized spacial score (nSPS) is 20.3. The third kappa shape index (κ3) is 4.79. The molecule has 0 aliphatic carbocycles. The van der Waals surface area contributed by atoms with Crippen LogP contribution < -0.4 is 15.8 Å². The van der Waals surface area contributed by atoms with Gasteiger partial charge in [-0.1, -0.05) is 0 Å². The van der Waals surface area contributed by atoms with Crippen LogP contribution in [0.15, 0.2) is 35.5 Å². The number of ether oxygens (including phenoxy) is 2. The molecule has 0 saturated heterocycles. The Morgan fingerprint density at radius 1 is 1.42 bits per heavy atom. The molecule has 13 heteroatoms. The lowest BCUT2D eigenvalue weighted by Gasteiger charge is -2.36. The Morgan fingerprint density at radius 2 is 2.15 bits per heavy atom. The number of nitrogens with two attached hydrogens (primary N) is 1. The summed E-state index contributed by atoms with van der Waals surface area (Å²) in [6.07, 6.45) is -7.34. The number of amides is 1. The lowest BCUT2D eigenvalue weighted by Crippen LogP contribution is -2.48. The number of anilines is 1. The predicted molar refractivity (Wildman–Crippen MR) is 105 cm³/mol. The van der Waals surface area contributed by atoms with E-state index in [0.717, 1.165) is 24.4 Å². The monoisotopic (exact) mass is 469 g/mol. The largest absolute Gasteiger partial charge is 0.494 e. The van der Waals surface area contributed by atoms with E-state index in [1.54, 1.807) is 0 Å². The predicted octanol–water partition coefficient (Wildman–Crippen LogP) is 3.18. The molecule has 0 fully saturated rings. The molecule has 0 spiro atoms. The van der Waals surface area contributed by atoms with Gasteiger partial charge in [0.1, 0.15) is 24.1 Å². The van der Waals surface area contributed by atoms with Gasteiger partial charge in [-0.2, -0.15) is 18.4 Å². The lowest BCUT2D eigenvalue weighted by molar-refractivity contribution is -0.209. The summed E-state index contributed by atoms with van der Waals surface area (Å²) in [6.45, 7) is -1.51. The van der Waals surface area contributed by atoms with Gasteiger partial charge in [-0.3, -0.25) is 4.79 Å². The average molecular weight is 469 g/mol. The van der Waals surface area contributed by atoms with Crippen LogP contribution in [-0.4, -0.2) is 43.0 Å². The maximum absolute atomic E-state index is 14.6. The summed E-state index contributed by atoms with van der Waals surface area (Å²) in [5.41, 5.74) is 2.29. The van der Waals surface area contributed by atoms with Crippen LogP contribution in [0.3, 0.4) is 0 Å². The van der Waals surface area contributed by atoms with Crippen molar-refractivity contribution in [2.45, 2.75) is 24.2 Å². The molecule has 33 heavy (non-hydrogen) atoms. The number of nitrogens with zero attached hydrogens (tertiary/aromatic N) is 3. The van der Waals surface area contributed by atoms with Gasteiger partial charge < -0.3 is 20.5 Å². The number of amidine groups is 1. The summed E-state index contributed by atoms with van der Waals surface area (Å²) in [5.74, 6) is -1.91. The number of benzene rings is 1. The first-order chi connectivity index (χ1) is 15.5. The number of alkyl halides is 4. The van der Waals surface area contributed by atoms with Gasteiger partial charge in [0.25, 0.3) is 11.9 Å². The Labute approximate surface area is 183 Å². The van der Waals surface area contributed by atoms with Crippen molar-refractivity contribution in [2.75, 3.05) is 19.1 Å². The molecular formula is C20H16F5N5O3. The molecule has 2 atom stereocenters. The summed E-state index contributed by atoms with van der Waals surface area (Å²) in [7, 11) is 1.25. The number of carbonyl (C=O) groups excluding carboxylic acids is 1. The fourth-order valence-electron chi connectivity index (χ4n) is 3.27. The van der Waals surface area contributed by atoms with Crippen molar-refractivity contribution < 1.29 is 36.2 Å². The minimum Gasteiger partial charge on any atom is -0.494 e. The van der Waals surface area contributed by atoms with Crippen LogP contribution >= 0.6 is 0 Å². The van der Waals surface area contributed by atoms with Crippen LogP contribution in [0.1, 0.15) is 28.0 Å². The van der Waals surface area contributed by atoms with E-state index >= 15 is 0 Å². The highest BCUT2D eigenvalue weighted by molar-refractivity contribution is 6.04. The molecule has 174 valence electrons. The van der Waals surface area contributed by atoms with Gasteiger partial charge in [0.2, 0.25) is 0 Å². The topological polar surface area (TPSA) is 123 Å². The Bertz CT molecular complexity index is 1150. The zero-order chi connectivity index (χ0) is 24.4. The van der Waals surface area contributed by atoms with Gasteiger partial charge in [0, 0.05) is 29.9 Å². The molecule has 1 aliphatic rings. The number of nitriles is 1. The molecule has 3 rings (SSSR count). The van der Waals surface area contributed by atoms with E-state index in [-0.39, 0.29) is 22.7 Å². The minimum absolute atomic E-state index is 0.0241. The smallest absolute Gasteiger partial charge is 0.425 e. The third-order valence-corrected chi connectivity index (χ3v) is 4.84. The Hall–Kier alpha value is -3.95. The van der Waals surface area contributed by atoms with Crippen LogP contribution in [0.4, 0.5) is 27.6 Å². The summed E-state index contributed by atoms with van der Waals surface area (Å²) >= 11 is 0. The van der Waals surface area contributed by atoms with Crippen molar-refractivity contribution >= 4 is 17.6 Å². The first-order valence-electron chi connectivity index (χ1n) is 9.23. The van der Waals surface area contributed by atoms with Crippen molar-refractivity contribution in [3.8, 4) is 11.8 Å². The average Bonchev–Trinajstić information content (AvgIpc) is 2.78.